The fraction of sp³-hybridized carbons (Fsp3) is 0.400. The first kappa shape index (κ1) is 20.1. The van der Waals surface area contributed by atoms with E-state index < -0.39 is 29.0 Å². The van der Waals surface area contributed by atoms with Crippen LogP contribution in [0.1, 0.15) is 48.0 Å². The van der Waals surface area contributed by atoms with Crippen LogP contribution in [-0.4, -0.2) is 17.4 Å². The molecule has 0 atom stereocenters. The Morgan fingerprint density at radius 1 is 1.14 bits per heavy atom. The van der Waals surface area contributed by atoms with Crippen LogP contribution >= 0.6 is 0 Å². The Bertz CT molecular complexity index is 832. The molecule has 2 aromatic rings. The average molecular weight is 395 g/mol. The van der Waals surface area contributed by atoms with E-state index in [1.54, 1.807) is 0 Å². The maximum atomic E-state index is 13.5. The van der Waals surface area contributed by atoms with Gasteiger partial charge in [0.25, 0.3) is 5.91 Å². The Balaban J connectivity index is 1.77. The fourth-order valence-electron chi connectivity index (χ4n) is 3.38. The van der Waals surface area contributed by atoms with E-state index >= 15 is 0 Å². The molecule has 3 rings (SSSR count). The van der Waals surface area contributed by atoms with Crippen molar-refractivity contribution in [3.63, 3.8) is 0 Å². The molecule has 0 radical (unpaired) electrons. The summed E-state index contributed by atoms with van der Waals surface area (Å²) in [5, 5.41) is 5.23. The number of anilines is 2. The SMILES string of the molecule is O=C(NCC1CCCCC1)c1cnc(Nc2cccc(F)c2)cc1C(F)(F)F. The molecule has 1 amide bonds. The summed E-state index contributed by atoms with van der Waals surface area (Å²) in [6.45, 7) is 0.361. The van der Waals surface area contributed by atoms with Crippen LogP contribution in [0.3, 0.4) is 0 Å². The van der Waals surface area contributed by atoms with Crippen LogP contribution in [0.5, 0.6) is 0 Å². The number of amides is 1. The molecule has 1 aliphatic rings. The van der Waals surface area contributed by atoms with Crippen LogP contribution < -0.4 is 10.6 Å². The number of carbonyl (C=O) groups excluding carboxylic acids is 1. The number of pyridine rings is 1. The van der Waals surface area contributed by atoms with Gasteiger partial charge in [-0.1, -0.05) is 25.3 Å². The standard InChI is InChI=1S/C20H21F4N3O/c21-14-7-4-8-15(9-14)27-18-10-17(20(22,23)24)16(12-25-18)19(28)26-11-13-5-2-1-3-6-13/h4,7-10,12-13H,1-3,5-6,11H2,(H,25,27)(H,26,28). The Morgan fingerprint density at radius 3 is 2.57 bits per heavy atom. The molecule has 1 saturated carbocycles. The lowest BCUT2D eigenvalue weighted by Crippen LogP contribution is -2.32. The third-order valence-corrected chi connectivity index (χ3v) is 4.83. The number of aromatic nitrogens is 1. The van der Waals surface area contributed by atoms with Crippen molar-refractivity contribution >= 4 is 17.4 Å². The summed E-state index contributed by atoms with van der Waals surface area (Å²) in [5.74, 6) is -1.14. The highest BCUT2D eigenvalue weighted by Gasteiger charge is 2.36. The van der Waals surface area contributed by atoms with Crippen molar-refractivity contribution in [1.29, 1.82) is 0 Å². The molecule has 1 aromatic heterocycles. The monoisotopic (exact) mass is 395 g/mol. The molecule has 1 aromatic carbocycles. The van der Waals surface area contributed by atoms with E-state index in [0.29, 0.717) is 12.5 Å². The number of hydrogen-bond donors (Lipinski definition) is 2. The van der Waals surface area contributed by atoms with E-state index in [0.717, 1.165) is 50.4 Å². The molecule has 0 saturated heterocycles. The Labute approximate surface area is 160 Å². The summed E-state index contributed by atoms with van der Waals surface area (Å²) >= 11 is 0. The molecular formula is C20H21F4N3O. The largest absolute Gasteiger partial charge is 0.417 e. The van der Waals surface area contributed by atoms with E-state index in [2.05, 4.69) is 15.6 Å². The number of alkyl halides is 3. The maximum absolute atomic E-state index is 13.5. The minimum absolute atomic E-state index is 0.123. The molecule has 0 aliphatic heterocycles. The Hall–Kier alpha value is -2.64. The minimum Gasteiger partial charge on any atom is -0.352 e. The number of hydrogen-bond acceptors (Lipinski definition) is 3. The lowest BCUT2D eigenvalue weighted by Gasteiger charge is -2.22. The highest BCUT2D eigenvalue weighted by molar-refractivity contribution is 5.96. The van der Waals surface area contributed by atoms with Crippen molar-refractivity contribution in [2.45, 2.75) is 38.3 Å². The number of nitrogens with zero attached hydrogens (tertiary/aromatic N) is 1. The van der Waals surface area contributed by atoms with Crippen LogP contribution in [0.4, 0.5) is 29.1 Å². The highest BCUT2D eigenvalue weighted by Crippen LogP contribution is 2.34. The maximum Gasteiger partial charge on any atom is 0.417 e. The van der Waals surface area contributed by atoms with Gasteiger partial charge in [-0.05, 0) is 43.0 Å². The molecule has 4 nitrogen and oxygen atoms in total. The van der Waals surface area contributed by atoms with Crippen molar-refractivity contribution in [3.05, 3.63) is 53.5 Å². The molecule has 8 heteroatoms. The molecule has 1 aliphatic carbocycles. The lowest BCUT2D eigenvalue weighted by atomic mass is 9.89. The van der Waals surface area contributed by atoms with Gasteiger partial charge < -0.3 is 10.6 Å². The highest BCUT2D eigenvalue weighted by atomic mass is 19.4. The number of carbonyl (C=O) groups is 1. The van der Waals surface area contributed by atoms with E-state index in [4.69, 9.17) is 0 Å². The Kier molecular flexibility index (Phi) is 6.16. The van der Waals surface area contributed by atoms with Gasteiger partial charge in [0.2, 0.25) is 0 Å². The smallest absolute Gasteiger partial charge is 0.352 e. The first-order chi connectivity index (χ1) is 13.3. The van der Waals surface area contributed by atoms with Gasteiger partial charge in [-0.15, -0.1) is 0 Å². The lowest BCUT2D eigenvalue weighted by molar-refractivity contribution is -0.137. The first-order valence-electron chi connectivity index (χ1n) is 9.21. The van der Waals surface area contributed by atoms with Gasteiger partial charge in [0, 0.05) is 18.4 Å². The number of halogens is 4. The van der Waals surface area contributed by atoms with E-state index in [9.17, 15) is 22.4 Å². The van der Waals surface area contributed by atoms with E-state index in [1.807, 2.05) is 0 Å². The molecule has 1 fully saturated rings. The summed E-state index contributed by atoms with van der Waals surface area (Å²) in [7, 11) is 0. The second-order valence-corrected chi connectivity index (χ2v) is 6.96. The Morgan fingerprint density at radius 2 is 1.89 bits per heavy atom. The van der Waals surface area contributed by atoms with Gasteiger partial charge in [0.15, 0.2) is 0 Å². The van der Waals surface area contributed by atoms with E-state index in [-0.39, 0.29) is 11.5 Å². The van der Waals surface area contributed by atoms with Gasteiger partial charge in [0.05, 0.1) is 11.1 Å². The average Bonchev–Trinajstić information content (AvgIpc) is 2.66. The third-order valence-electron chi connectivity index (χ3n) is 4.83. The van der Waals surface area contributed by atoms with Crippen molar-refractivity contribution in [3.8, 4) is 0 Å². The van der Waals surface area contributed by atoms with Gasteiger partial charge in [-0.2, -0.15) is 13.2 Å². The first-order valence-corrected chi connectivity index (χ1v) is 9.21. The zero-order chi connectivity index (χ0) is 20.1. The van der Waals surface area contributed by atoms with Gasteiger partial charge in [-0.25, -0.2) is 9.37 Å². The fourth-order valence-corrected chi connectivity index (χ4v) is 3.38. The molecule has 1 heterocycles. The summed E-state index contributed by atoms with van der Waals surface area (Å²) in [6, 6.07) is 6.05. The van der Waals surface area contributed by atoms with Crippen LogP contribution in [0.25, 0.3) is 0 Å². The second-order valence-electron chi connectivity index (χ2n) is 6.96. The molecule has 0 bridgehead atoms. The normalized spacial score (nSPS) is 15.3. The predicted molar refractivity (Wildman–Crippen MR) is 97.8 cm³/mol. The van der Waals surface area contributed by atoms with Crippen LogP contribution in [0.15, 0.2) is 36.5 Å². The molecule has 150 valence electrons. The zero-order valence-corrected chi connectivity index (χ0v) is 15.2. The number of nitrogens with one attached hydrogen (secondary N) is 2. The second kappa shape index (κ2) is 8.58. The number of rotatable bonds is 5. The van der Waals surface area contributed by atoms with Crippen LogP contribution in [0.2, 0.25) is 0 Å². The van der Waals surface area contributed by atoms with Crippen molar-refractivity contribution < 1.29 is 22.4 Å². The van der Waals surface area contributed by atoms with Crippen LogP contribution in [-0.2, 0) is 6.18 Å². The molecule has 2 N–H and O–H groups in total. The van der Waals surface area contributed by atoms with Gasteiger partial charge in [-0.3, -0.25) is 4.79 Å². The third kappa shape index (κ3) is 5.21. The minimum atomic E-state index is -4.72. The predicted octanol–water partition coefficient (Wildman–Crippen LogP) is 5.29. The summed E-state index contributed by atoms with van der Waals surface area (Å²) in [6.07, 6.45) is 1.45. The summed E-state index contributed by atoms with van der Waals surface area (Å²) < 4.78 is 53.7. The molecule has 28 heavy (non-hydrogen) atoms. The zero-order valence-electron chi connectivity index (χ0n) is 15.2. The van der Waals surface area contributed by atoms with Crippen LogP contribution in [0, 0.1) is 11.7 Å². The summed E-state index contributed by atoms with van der Waals surface area (Å²) in [4.78, 5) is 16.2. The van der Waals surface area contributed by atoms with Gasteiger partial charge in [0.1, 0.15) is 11.6 Å². The molecule has 0 unspecified atom stereocenters. The topological polar surface area (TPSA) is 54.0 Å². The van der Waals surface area contributed by atoms with Gasteiger partial charge >= 0.3 is 6.18 Å². The quantitative estimate of drug-likeness (QED) is 0.676. The summed E-state index contributed by atoms with van der Waals surface area (Å²) in [5.41, 5.74) is -1.34. The number of benzene rings is 1. The van der Waals surface area contributed by atoms with Crippen molar-refractivity contribution in [1.82, 2.24) is 10.3 Å². The van der Waals surface area contributed by atoms with Crippen molar-refractivity contribution in [2.24, 2.45) is 5.92 Å². The van der Waals surface area contributed by atoms with E-state index in [1.165, 1.54) is 18.2 Å². The molecule has 0 spiro atoms. The van der Waals surface area contributed by atoms with Crippen molar-refractivity contribution in [2.75, 3.05) is 11.9 Å². The molecular weight excluding hydrogens is 374 g/mol.